The zero-order chi connectivity index (χ0) is 25.4. The van der Waals surface area contributed by atoms with Gasteiger partial charge in [0.15, 0.2) is 0 Å². The first-order chi connectivity index (χ1) is 16.7. The second-order valence-corrected chi connectivity index (χ2v) is 10.1. The summed E-state index contributed by atoms with van der Waals surface area (Å²) >= 11 is 0. The fraction of sp³-hybridized carbons (Fsp3) is 0.692. The number of rotatable bonds is 9. The van der Waals surface area contributed by atoms with Crippen LogP contribution in [0.25, 0.3) is 0 Å². The van der Waals surface area contributed by atoms with Crippen LogP contribution in [0.15, 0.2) is 18.2 Å². The van der Waals surface area contributed by atoms with Gasteiger partial charge >= 0.3 is 6.18 Å². The quantitative estimate of drug-likeness (QED) is 0.465. The highest BCUT2D eigenvalue weighted by Gasteiger charge is 2.32. The number of amides is 2. The van der Waals surface area contributed by atoms with Gasteiger partial charge in [0.1, 0.15) is 6.67 Å². The van der Waals surface area contributed by atoms with Crippen molar-refractivity contribution in [1.82, 2.24) is 15.5 Å². The van der Waals surface area contributed by atoms with Gasteiger partial charge < -0.3 is 15.5 Å². The first kappa shape index (κ1) is 27.4. The third-order valence-electron chi connectivity index (χ3n) is 7.48. The molecule has 0 bridgehead atoms. The Morgan fingerprint density at radius 1 is 0.943 bits per heavy atom. The van der Waals surface area contributed by atoms with Crippen molar-refractivity contribution in [2.75, 3.05) is 26.7 Å². The van der Waals surface area contributed by atoms with Crippen molar-refractivity contribution >= 4 is 11.8 Å². The van der Waals surface area contributed by atoms with Crippen molar-refractivity contribution in [2.45, 2.75) is 76.7 Å². The minimum absolute atomic E-state index is 0.138. The van der Waals surface area contributed by atoms with E-state index in [4.69, 9.17) is 0 Å². The number of hydrogen-bond acceptors (Lipinski definition) is 3. The number of carbonyl (C=O) groups excluding carboxylic acids is 2. The maximum atomic E-state index is 13.0. The van der Waals surface area contributed by atoms with E-state index in [0.717, 1.165) is 57.2 Å². The van der Waals surface area contributed by atoms with E-state index < -0.39 is 24.3 Å². The molecule has 0 aromatic heterocycles. The molecule has 0 aliphatic heterocycles. The van der Waals surface area contributed by atoms with Gasteiger partial charge in [-0.05, 0) is 80.7 Å². The summed E-state index contributed by atoms with van der Waals surface area (Å²) in [7, 11) is 1.90. The van der Waals surface area contributed by atoms with Gasteiger partial charge in [-0.1, -0.05) is 19.3 Å². The van der Waals surface area contributed by atoms with Gasteiger partial charge in [0.2, 0.25) is 5.91 Å². The van der Waals surface area contributed by atoms with Gasteiger partial charge in [0, 0.05) is 25.2 Å². The fourth-order valence-corrected chi connectivity index (χ4v) is 5.22. The standard InChI is InChI=1S/C26H37F4N3O2/c1-33(23-5-3-2-4-6-23)24(34)17-31-15-18-7-9-19(10-8-18)16-32-25(35)21-11-20(14-27)12-22(13-21)26(28,29)30/h11-13,18-19,23,31H,2-10,14-17H2,1H3,(H,32,35). The Kier molecular flexibility index (Phi) is 9.95. The molecule has 0 spiro atoms. The van der Waals surface area contributed by atoms with Gasteiger partial charge in [0.05, 0.1) is 12.1 Å². The molecule has 5 nitrogen and oxygen atoms in total. The van der Waals surface area contributed by atoms with Crippen LogP contribution in [0, 0.1) is 11.8 Å². The molecule has 9 heteroatoms. The van der Waals surface area contributed by atoms with Crippen LogP contribution in [-0.2, 0) is 17.6 Å². The Labute approximate surface area is 205 Å². The number of hydrogen-bond donors (Lipinski definition) is 2. The van der Waals surface area contributed by atoms with Crippen molar-refractivity contribution < 1.29 is 27.2 Å². The van der Waals surface area contributed by atoms with E-state index in [9.17, 15) is 27.2 Å². The molecule has 2 saturated carbocycles. The number of halogens is 4. The van der Waals surface area contributed by atoms with E-state index in [0.29, 0.717) is 25.0 Å². The van der Waals surface area contributed by atoms with Crippen LogP contribution in [0.1, 0.15) is 79.3 Å². The molecule has 0 heterocycles. The molecule has 1 aromatic carbocycles. The van der Waals surface area contributed by atoms with Crippen molar-refractivity contribution in [1.29, 1.82) is 0 Å². The van der Waals surface area contributed by atoms with E-state index in [1.54, 1.807) is 0 Å². The van der Waals surface area contributed by atoms with E-state index >= 15 is 0 Å². The Hall–Kier alpha value is -2.16. The molecule has 2 fully saturated rings. The van der Waals surface area contributed by atoms with E-state index in [1.807, 2.05) is 11.9 Å². The lowest BCUT2D eigenvalue weighted by Gasteiger charge is -2.32. The van der Waals surface area contributed by atoms with Crippen LogP contribution in [0.5, 0.6) is 0 Å². The average molecular weight is 500 g/mol. The predicted octanol–water partition coefficient (Wildman–Crippen LogP) is 5.09. The fourth-order valence-electron chi connectivity index (χ4n) is 5.22. The van der Waals surface area contributed by atoms with Gasteiger partial charge in [-0.25, -0.2) is 4.39 Å². The molecular formula is C26H37F4N3O2. The normalized spacial score (nSPS) is 21.5. The molecule has 0 radical (unpaired) electrons. The van der Waals surface area contributed by atoms with Crippen molar-refractivity contribution in [2.24, 2.45) is 11.8 Å². The van der Waals surface area contributed by atoms with Crippen LogP contribution in [0.4, 0.5) is 17.6 Å². The summed E-state index contributed by atoms with van der Waals surface area (Å²) < 4.78 is 52.1. The van der Waals surface area contributed by atoms with Crippen molar-refractivity contribution in [3.63, 3.8) is 0 Å². The lowest BCUT2D eigenvalue weighted by atomic mass is 9.82. The van der Waals surface area contributed by atoms with E-state index in [2.05, 4.69) is 10.6 Å². The largest absolute Gasteiger partial charge is 0.416 e. The number of nitrogens with one attached hydrogen (secondary N) is 2. The maximum Gasteiger partial charge on any atom is 0.416 e. The van der Waals surface area contributed by atoms with E-state index in [1.165, 1.54) is 25.3 Å². The monoisotopic (exact) mass is 499 g/mol. The summed E-state index contributed by atoms with van der Waals surface area (Å²) in [5.74, 6) is 0.236. The average Bonchev–Trinajstić information content (AvgIpc) is 2.87. The molecule has 0 atom stereocenters. The SMILES string of the molecule is CN(C(=O)CNCC1CCC(CNC(=O)c2cc(CF)cc(C(F)(F)F)c2)CC1)C1CCCCC1. The topological polar surface area (TPSA) is 61.4 Å². The molecule has 0 saturated heterocycles. The van der Waals surface area contributed by atoms with Crippen molar-refractivity contribution in [3.8, 4) is 0 Å². The molecular weight excluding hydrogens is 462 g/mol. The minimum atomic E-state index is -4.64. The zero-order valence-corrected chi connectivity index (χ0v) is 20.4. The highest BCUT2D eigenvalue weighted by molar-refractivity contribution is 5.94. The zero-order valence-electron chi connectivity index (χ0n) is 20.4. The Bertz CT molecular complexity index is 847. The smallest absolute Gasteiger partial charge is 0.352 e. The molecule has 3 rings (SSSR count). The minimum Gasteiger partial charge on any atom is -0.352 e. The summed E-state index contributed by atoms with van der Waals surface area (Å²) in [4.78, 5) is 26.8. The first-order valence-corrected chi connectivity index (χ1v) is 12.7. The number of carbonyl (C=O) groups is 2. The molecule has 2 aliphatic rings. The van der Waals surface area contributed by atoms with E-state index in [-0.39, 0.29) is 23.0 Å². The van der Waals surface area contributed by atoms with Gasteiger partial charge in [-0.15, -0.1) is 0 Å². The summed E-state index contributed by atoms with van der Waals surface area (Å²) in [6.07, 6.45) is 4.93. The van der Waals surface area contributed by atoms with Crippen LogP contribution in [0.2, 0.25) is 0 Å². The van der Waals surface area contributed by atoms with Gasteiger partial charge in [-0.2, -0.15) is 13.2 Å². The Morgan fingerprint density at radius 2 is 1.57 bits per heavy atom. The molecule has 2 amide bonds. The van der Waals surface area contributed by atoms with Crippen LogP contribution in [0.3, 0.4) is 0 Å². The first-order valence-electron chi connectivity index (χ1n) is 12.7. The molecule has 2 N–H and O–H groups in total. The molecule has 2 aliphatic carbocycles. The Balaban J connectivity index is 1.37. The van der Waals surface area contributed by atoms with Crippen LogP contribution < -0.4 is 10.6 Å². The highest BCUT2D eigenvalue weighted by atomic mass is 19.4. The number of nitrogens with zero attached hydrogens (tertiary/aromatic N) is 1. The van der Waals surface area contributed by atoms with Crippen LogP contribution >= 0.6 is 0 Å². The predicted molar refractivity (Wildman–Crippen MR) is 127 cm³/mol. The lowest BCUT2D eigenvalue weighted by Crippen LogP contribution is -2.43. The third kappa shape index (κ3) is 8.19. The second-order valence-electron chi connectivity index (χ2n) is 10.1. The summed E-state index contributed by atoms with van der Waals surface area (Å²) in [5, 5.41) is 6.03. The second kappa shape index (κ2) is 12.7. The van der Waals surface area contributed by atoms with Crippen LogP contribution in [-0.4, -0.2) is 49.4 Å². The summed E-state index contributed by atoms with van der Waals surface area (Å²) in [6.45, 7) is 0.440. The summed E-state index contributed by atoms with van der Waals surface area (Å²) in [6, 6.07) is 3.03. The maximum absolute atomic E-state index is 13.0. The lowest BCUT2D eigenvalue weighted by molar-refractivity contribution is -0.137. The molecule has 196 valence electrons. The van der Waals surface area contributed by atoms with Gasteiger partial charge in [0.25, 0.3) is 5.91 Å². The van der Waals surface area contributed by atoms with Gasteiger partial charge in [-0.3, -0.25) is 9.59 Å². The number of likely N-dealkylation sites (N-methyl/N-ethyl adjacent to an activating group) is 1. The molecule has 1 aromatic rings. The molecule has 0 unspecified atom stereocenters. The summed E-state index contributed by atoms with van der Waals surface area (Å²) in [5.41, 5.74) is -1.36. The van der Waals surface area contributed by atoms with Crippen molar-refractivity contribution in [3.05, 3.63) is 34.9 Å². The number of alkyl halides is 4. The third-order valence-corrected chi connectivity index (χ3v) is 7.48. The molecule has 35 heavy (non-hydrogen) atoms. The Morgan fingerprint density at radius 3 is 2.17 bits per heavy atom. The number of benzene rings is 1. The highest BCUT2D eigenvalue weighted by Crippen LogP contribution is 2.31.